The lowest BCUT2D eigenvalue weighted by Crippen LogP contribution is -2.35. The highest BCUT2D eigenvalue weighted by atomic mass is 16.2. The Morgan fingerprint density at radius 1 is 1.14 bits per heavy atom. The van der Waals surface area contributed by atoms with Crippen molar-refractivity contribution < 1.29 is 4.79 Å². The summed E-state index contributed by atoms with van der Waals surface area (Å²) in [6.07, 6.45) is 1.67. The zero-order chi connectivity index (χ0) is 20.8. The molecule has 1 aliphatic heterocycles. The SMILES string of the molecule is CCN1CCC(C)(c2ccc3[nH]c(-c4cc(C)cc(C)c4)c(CCN)c3c2)C1=O. The predicted octanol–water partition coefficient (Wildman–Crippen LogP) is 4.46. The maximum atomic E-state index is 13.0. The van der Waals surface area contributed by atoms with Crippen LogP contribution in [0.25, 0.3) is 22.2 Å². The van der Waals surface area contributed by atoms with E-state index in [1.165, 1.54) is 27.6 Å². The van der Waals surface area contributed by atoms with E-state index in [9.17, 15) is 4.79 Å². The third-order valence-corrected chi connectivity index (χ3v) is 6.47. The van der Waals surface area contributed by atoms with Gasteiger partial charge < -0.3 is 15.6 Å². The van der Waals surface area contributed by atoms with E-state index < -0.39 is 5.41 Å². The number of nitrogens with zero attached hydrogens (tertiary/aromatic N) is 1. The number of nitrogens with two attached hydrogens (primary N) is 1. The number of aromatic nitrogens is 1. The van der Waals surface area contributed by atoms with Crippen LogP contribution >= 0.6 is 0 Å². The topological polar surface area (TPSA) is 62.1 Å². The first-order valence-electron chi connectivity index (χ1n) is 10.6. The van der Waals surface area contributed by atoms with Crippen molar-refractivity contribution in [3.63, 3.8) is 0 Å². The van der Waals surface area contributed by atoms with Crippen LogP contribution in [0.4, 0.5) is 0 Å². The Labute approximate surface area is 173 Å². The average Bonchev–Trinajstić information content (AvgIpc) is 3.19. The molecule has 1 amide bonds. The Balaban J connectivity index is 1.87. The van der Waals surface area contributed by atoms with Crippen molar-refractivity contribution in [3.05, 3.63) is 58.7 Å². The molecule has 0 radical (unpaired) electrons. The molecule has 0 spiro atoms. The number of aryl methyl sites for hydroxylation is 2. The van der Waals surface area contributed by atoms with Crippen LogP contribution in [-0.2, 0) is 16.6 Å². The van der Waals surface area contributed by atoms with Gasteiger partial charge in [0, 0.05) is 29.7 Å². The first-order chi connectivity index (χ1) is 13.9. The van der Waals surface area contributed by atoms with Crippen LogP contribution in [0.2, 0.25) is 0 Å². The summed E-state index contributed by atoms with van der Waals surface area (Å²) < 4.78 is 0. The van der Waals surface area contributed by atoms with E-state index in [4.69, 9.17) is 5.73 Å². The van der Waals surface area contributed by atoms with Crippen LogP contribution in [0.3, 0.4) is 0 Å². The van der Waals surface area contributed by atoms with E-state index in [0.29, 0.717) is 6.54 Å². The molecule has 3 aromatic rings. The maximum Gasteiger partial charge on any atom is 0.233 e. The monoisotopic (exact) mass is 389 g/mol. The summed E-state index contributed by atoms with van der Waals surface area (Å²) in [5, 5.41) is 1.19. The molecular weight excluding hydrogens is 358 g/mol. The van der Waals surface area contributed by atoms with Gasteiger partial charge in [0.1, 0.15) is 0 Å². The van der Waals surface area contributed by atoms with Gasteiger partial charge in [0.2, 0.25) is 5.91 Å². The highest BCUT2D eigenvalue weighted by Crippen LogP contribution is 2.39. The van der Waals surface area contributed by atoms with Gasteiger partial charge in [-0.1, -0.05) is 23.3 Å². The van der Waals surface area contributed by atoms with Crippen molar-refractivity contribution in [3.8, 4) is 11.3 Å². The van der Waals surface area contributed by atoms with Gasteiger partial charge in [0.05, 0.1) is 5.41 Å². The van der Waals surface area contributed by atoms with Crippen LogP contribution in [0.5, 0.6) is 0 Å². The van der Waals surface area contributed by atoms with Crippen molar-refractivity contribution >= 4 is 16.8 Å². The molecular formula is C25H31N3O. The molecule has 4 rings (SSSR count). The van der Waals surface area contributed by atoms with Gasteiger partial charge in [0.25, 0.3) is 0 Å². The maximum absolute atomic E-state index is 13.0. The first-order valence-corrected chi connectivity index (χ1v) is 10.6. The van der Waals surface area contributed by atoms with E-state index in [1.807, 2.05) is 4.90 Å². The molecule has 0 saturated carbocycles. The minimum atomic E-state index is -0.443. The lowest BCUT2D eigenvalue weighted by Gasteiger charge is -2.23. The van der Waals surface area contributed by atoms with E-state index in [0.717, 1.165) is 42.7 Å². The van der Waals surface area contributed by atoms with Crippen molar-refractivity contribution in [1.82, 2.24) is 9.88 Å². The molecule has 29 heavy (non-hydrogen) atoms. The van der Waals surface area contributed by atoms with Crippen LogP contribution in [0.15, 0.2) is 36.4 Å². The molecule has 0 bridgehead atoms. The predicted molar refractivity (Wildman–Crippen MR) is 120 cm³/mol. The minimum absolute atomic E-state index is 0.241. The number of benzene rings is 2. The second kappa shape index (κ2) is 7.34. The molecule has 3 N–H and O–H groups in total. The summed E-state index contributed by atoms with van der Waals surface area (Å²) in [7, 11) is 0. The largest absolute Gasteiger partial charge is 0.354 e. The molecule has 4 heteroatoms. The van der Waals surface area contributed by atoms with Gasteiger partial charge in [0.15, 0.2) is 0 Å². The number of H-pyrrole nitrogens is 1. The van der Waals surface area contributed by atoms with Crippen LogP contribution < -0.4 is 5.73 Å². The standard InChI is InChI=1S/C25H31N3O/c1-5-28-11-9-25(4,24(28)29)19-6-7-22-21(15-19)20(8-10-26)23(27-22)18-13-16(2)12-17(3)14-18/h6-7,12-15,27H,5,8-11,26H2,1-4H3. The van der Waals surface area contributed by atoms with E-state index in [1.54, 1.807) is 0 Å². The van der Waals surface area contributed by atoms with Gasteiger partial charge in [-0.2, -0.15) is 0 Å². The molecule has 1 unspecified atom stereocenters. The second-order valence-electron chi connectivity index (χ2n) is 8.62. The average molecular weight is 390 g/mol. The number of hydrogen-bond donors (Lipinski definition) is 2. The number of aromatic amines is 1. The lowest BCUT2D eigenvalue weighted by molar-refractivity contribution is -0.131. The number of rotatable bonds is 5. The highest BCUT2D eigenvalue weighted by Gasteiger charge is 2.43. The van der Waals surface area contributed by atoms with E-state index in [2.05, 4.69) is 69.1 Å². The van der Waals surface area contributed by atoms with Crippen molar-refractivity contribution in [2.75, 3.05) is 19.6 Å². The van der Waals surface area contributed by atoms with Gasteiger partial charge >= 0.3 is 0 Å². The fraction of sp³-hybridized carbons (Fsp3) is 0.400. The quantitative estimate of drug-likeness (QED) is 0.677. The van der Waals surface area contributed by atoms with Gasteiger partial charge in [-0.05, 0) is 88.0 Å². The number of likely N-dealkylation sites (tertiary alicyclic amines) is 1. The Morgan fingerprint density at radius 3 is 2.48 bits per heavy atom. The third kappa shape index (κ3) is 3.25. The van der Waals surface area contributed by atoms with Gasteiger partial charge in [-0.3, -0.25) is 4.79 Å². The van der Waals surface area contributed by atoms with Gasteiger partial charge in [-0.25, -0.2) is 0 Å². The van der Waals surface area contributed by atoms with Gasteiger partial charge in [-0.15, -0.1) is 0 Å². The fourth-order valence-corrected chi connectivity index (χ4v) is 4.85. The number of carbonyl (C=O) groups is 1. The number of hydrogen-bond acceptors (Lipinski definition) is 2. The molecule has 152 valence electrons. The molecule has 0 aliphatic carbocycles. The highest BCUT2D eigenvalue weighted by molar-refractivity contribution is 5.95. The molecule has 1 aliphatic rings. The zero-order valence-electron chi connectivity index (χ0n) is 17.9. The summed E-state index contributed by atoms with van der Waals surface area (Å²) in [4.78, 5) is 18.6. The number of fused-ring (bicyclic) bond motifs is 1. The lowest BCUT2D eigenvalue weighted by atomic mass is 9.80. The van der Waals surface area contributed by atoms with E-state index in [-0.39, 0.29) is 5.91 Å². The smallest absolute Gasteiger partial charge is 0.233 e. The molecule has 1 aromatic heterocycles. The molecule has 4 nitrogen and oxygen atoms in total. The minimum Gasteiger partial charge on any atom is -0.354 e. The summed E-state index contributed by atoms with van der Waals surface area (Å²) in [6.45, 7) is 10.6. The number of amides is 1. The summed E-state index contributed by atoms with van der Waals surface area (Å²) in [5.41, 5.74) is 13.8. The van der Waals surface area contributed by atoms with Crippen LogP contribution in [0.1, 0.15) is 42.5 Å². The zero-order valence-corrected chi connectivity index (χ0v) is 17.9. The van der Waals surface area contributed by atoms with Crippen LogP contribution in [0, 0.1) is 13.8 Å². The molecule has 2 heterocycles. The Bertz CT molecular complexity index is 1060. The normalized spacial score (nSPS) is 19.5. The summed E-state index contributed by atoms with van der Waals surface area (Å²) in [5.74, 6) is 0.241. The van der Waals surface area contributed by atoms with Crippen molar-refractivity contribution in [1.29, 1.82) is 0 Å². The Kier molecular flexibility index (Phi) is 4.99. The molecule has 1 fully saturated rings. The Hall–Kier alpha value is -2.59. The fourth-order valence-electron chi connectivity index (χ4n) is 4.85. The Morgan fingerprint density at radius 2 is 1.86 bits per heavy atom. The third-order valence-electron chi connectivity index (χ3n) is 6.47. The summed E-state index contributed by atoms with van der Waals surface area (Å²) >= 11 is 0. The number of likely N-dealkylation sites (N-methyl/N-ethyl adjacent to an activating group) is 1. The van der Waals surface area contributed by atoms with Crippen molar-refractivity contribution in [2.24, 2.45) is 5.73 Å². The van der Waals surface area contributed by atoms with E-state index >= 15 is 0 Å². The summed E-state index contributed by atoms with van der Waals surface area (Å²) in [6, 6.07) is 13.1. The molecule has 1 atom stereocenters. The first kappa shape index (κ1) is 19.7. The molecule has 2 aromatic carbocycles. The number of carbonyl (C=O) groups excluding carboxylic acids is 1. The number of nitrogens with one attached hydrogen (secondary N) is 1. The van der Waals surface area contributed by atoms with Crippen molar-refractivity contribution in [2.45, 2.75) is 46.0 Å². The van der Waals surface area contributed by atoms with Crippen LogP contribution in [-0.4, -0.2) is 35.4 Å². The molecule has 1 saturated heterocycles. The second-order valence-corrected chi connectivity index (χ2v) is 8.62.